The van der Waals surface area contributed by atoms with E-state index in [-0.39, 0.29) is 5.56 Å². The molecule has 2 N–H and O–H groups in total. The number of amides is 1. The molecule has 0 atom stereocenters. The van der Waals surface area contributed by atoms with Crippen LogP contribution >= 0.6 is 0 Å². The lowest BCUT2D eigenvalue weighted by molar-refractivity contribution is -0.147. The molecule has 1 amide bonds. The van der Waals surface area contributed by atoms with Crippen molar-refractivity contribution < 1.29 is 27.9 Å². The molecule has 7 heteroatoms. The monoisotopic (exact) mass is 301 g/mol. The van der Waals surface area contributed by atoms with Crippen molar-refractivity contribution in [1.29, 1.82) is 0 Å². The van der Waals surface area contributed by atoms with Gasteiger partial charge in [0.1, 0.15) is 11.4 Å². The van der Waals surface area contributed by atoms with Gasteiger partial charge in [0.15, 0.2) is 11.6 Å². The summed E-state index contributed by atoms with van der Waals surface area (Å²) in [5, 5.41) is 11.6. The van der Waals surface area contributed by atoms with Crippen molar-refractivity contribution in [1.82, 2.24) is 5.32 Å². The fourth-order valence-electron chi connectivity index (χ4n) is 2.55. The van der Waals surface area contributed by atoms with Gasteiger partial charge in [-0.15, -0.1) is 0 Å². The fourth-order valence-corrected chi connectivity index (χ4v) is 2.55. The summed E-state index contributed by atoms with van der Waals surface area (Å²) in [6.07, 6.45) is 1.40. The third-order valence-corrected chi connectivity index (χ3v) is 3.69. The molecule has 21 heavy (non-hydrogen) atoms. The first-order valence-corrected chi connectivity index (χ1v) is 6.52. The van der Waals surface area contributed by atoms with Crippen molar-refractivity contribution in [2.45, 2.75) is 37.6 Å². The van der Waals surface area contributed by atoms with E-state index in [0.29, 0.717) is 37.8 Å². The third kappa shape index (κ3) is 3.17. The SMILES string of the molecule is O=C(Cc1cc(F)c(F)cc1F)NC1(C(=O)O)CCCC1. The Kier molecular flexibility index (Phi) is 4.20. The van der Waals surface area contributed by atoms with Crippen LogP contribution in [0.5, 0.6) is 0 Å². The maximum atomic E-state index is 13.5. The highest BCUT2D eigenvalue weighted by molar-refractivity contribution is 5.88. The zero-order chi connectivity index (χ0) is 15.6. The molecule has 0 radical (unpaired) electrons. The highest BCUT2D eigenvalue weighted by atomic mass is 19.2. The van der Waals surface area contributed by atoms with Gasteiger partial charge in [-0.05, 0) is 18.9 Å². The molecular weight excluding hydrogens is 287 g/mol. The average molecular weight is 301 g/mol. The Morgan fingerprint density at radius 2 is 1.67 bits per heavy atom. The largest absolute Gasteiger partial charge is 0.480 e. The molecule has 1 saturated carbocycles. The number of carbonyl (C=O) groups is 2. The van der Waals surface area contributed by atoms with Crippen molar-refractivity contribution in [3.8, 4) is 0 Å². The first kappa shape index (κ1) is 15.3. The number of halogens is 3. The van der Waals surface area contributed by atoms with Crippen LogP contribution in [0, 0.1) is 17.5 Å². The number of aliphatic carboxylic acids is 1. The topological polar surface area (TPSA) is 66.4 Å². The van der Waals surface area contributed by atoms with E-state index in [4.69, 9.17) is 0 Å². The third-order valence-electron chi connectivity index (χ3n) is 3.69. The van der Waals surface area contributed by atoms with Crippen LogP contribution in [-0.4, -0.2) is 22.5 Å². The van der Waals surface area contributed by atoms with Crippen LogP contribution in [-0.2, 0) is 16.0 Å². The number of carbonyl (C=O) groups excluding carboxylic acids is 1. The van der Waals surface area contributed by atoms with Crippen molar-refractivity contribution in [3.63, 3.8) is 0 Å². The molecule has 0 spiro atoms. The summed E-state index contributed by atoms with van der Waals surface area (Å²) in [5.74, 6) is -5.51. The molecule has 2 rings (SSSR count). The molecule has 4 nitrogen and oxygen atoms in total. The molecule has 1 fully saturated rings. The predicted molar refractivity (Wildman–Crippen MR) is 67.0 cm³/mol. The van der Waals surface area contributed by atoms with E-state index in [0.717, 1.165) is 0 Å². The summed E-state index contributed by atoms with van der Waals surface area (Å²) >= 11 is 0. The van der Waals surface area contributed by atoms with E-state index < -0.39 is 41.3 Å². The quantitative estimate of drug-likeness (QED) is 0.838. The average Bonchev–Trinajstić information content (AvgIpc) is 2.85. The van der Waals surface area contributed by atoms with Crippen LogP contribution in [0.4, 0.5) is 13.2 Å². The highest BCUT2D eigenvalue weighted by Crippen LogP contribution is 2.30. The summed E-state index contributed by atoms with van der Waals surface area (Å²) < 4.78 is 39.3. The predicted octanol–water partition coefficient (Wildman–Crippen LogP) is 2.16. The summed E-state index contributed by atoms with van der Waals surface area (Å²) in [4.78, 5) is 23.1. The Hall–Kier alpha value is -2.05. The van der Waals surface area contributed by atoms with Gasteiger partial charge in [-0.3, -0.25) is 4.79 Å². The molecule has 0 bridgehead atoms. The molecule has 0 aromatic heterocycles. The Morgan fingerprint density at radius 1 is 1.10 bits per heavy atom. The van der Waals surface area contributed by atoms with Gasteiger partial charge in [0.05, 0.1) is 6.42 Å². The Morgan fingerprint density at radius 3 is 2.24 bits per heavy atom. The van der Waals surface area contributed by atoms with Crippen LogP contribution in [0.25, 0.3) is 0 Å². The van der Waals surface area contributed by atoms with Crippen LogP contribution in [0.3, 0.4) is 0 Å². The lowest BCUT2D eigenvalue weighted by Gasteiger charge is -2.25. The van der Waals surface area contributed by atoms with E-state index in [1.165, 1.54) is 0 Å². The summed E-state index contributed by atoms with van der Waals surface area (Å²) in [7, 11) is 0. The molecular formula is C14H14F3NO3. The van der Waals surface area contributed by atoms with Gasteiger partial charge in [-0.1, -0.05) is 12.8 Å². The standard InChI is InChI=1S/C14H14F3NO3/c15-9-7-11(17)10(16)5-8(9)6-12(19)18-14(13(20)21)3-1-2-4-14/h5,7H,1-4,6H2,(H,18,19)(H,20,21). The van der Waals surface area contributed by atoms with E-state index in [1.54, 1.807) is 0 Å². The number of rotatable bonds is 4. The van der Waals surface area contributed by atoms with E-state index >= 15 is 0 Å². The normalized spacial score (nSPS) is 16.7. The van der Waals surface area contributed by atoms with Crippen molar-refractivity contribution in [2.75, 3.05) is 0 Å². The second-order valence-corrected chi connectivity index (χ2v) is 5.18. The van der Waals surface area contributed by atoms with Crippen molar-refractivity contribution in [3.05, 3.63) is 35.1 Å². The number of carboxylic acids is 1. The molecule has 1 aromatic rings. The Bertz CT molecular complexity index is 583. The Labute approximate surface area is 119 Å². The summed E-state index contributed by atoms with van der Waals surface area (Å²) in [5.41, 5.74) is -1.66. The van der Waals surface area contributed by atoms with Crippen molar-refractivity contribution in [2.24, 2.45) is 0 Å². The van der Waals surface area contributed by atoms with Crippen molar-refractivity contribution >= 4 is 11.9 Å². The zero-order valence-corrected chi connectivity index (χ0v) is 11.1. The molecule has 114 valence electrons. The van der Waals surface area contributed by atoms with Gasteiger partial charge < -0.3 is 10.4 Å². The maximum absolute atomic E-state index is 13.5. The Balaban J connectivity index is 2.12. The molecule has 0 aliphatic heterocycles. The van der Waals surface area contributed by atoms with Crippen LogP contribution in [0.15, 0.2) is 12.1 Å². The first-order chi connectivity index (χ1) is 9.84. The molecule has 0 heterocycles. The van der Waals surface area contributed by atoms with Gasteiger partial charge in [-0.2, -0.15) is 0 Å². The second-order valence-electron chi connectivity index (χ2n) is 5.18. The molecule has 0 unspecified atom stereocenters. The van der Waals surface area contributed by atoms with Gasteiger partial charge in [-0.25, -0.2) is 18.0 Å². The summed E-state index contributed by atoms with van der Waals surface area (Å²) in [6, 6.07) is 0.965. The number of hydrogen-bond donors (Lipinski definition) is 2. The highest BCUT2D eigenvalue weighted by Gasteiger charge is 2.42. The maximum Gasteiger partial charge on any atom is 0.329 e. The van der Waals surface area contributed by atoms with Gasteiger partial charge in [0, 0.05) is 11.6 Å². The lowest BCUT2D eigenvalue weighted by Crippen LogP contribution is -2.53. The zero-order valence-electron chi connectivity index (χ0n) is 11.1. The van der Waals surface area contributed by atoms with Gasteiger partial charge in [0.25, 0.3) is 0 Å². The molecule has 1 aliphatic carbocycles. The number of nitrogens with one attached hydrogen (secondary N) is 1. The van der Waals surface area contributed by atoms with E-state index in [1.807, 2.05) is 0 Å². The van der Waals surface area contributed by atoms with E-state index in [2.05, 4.69) is 5.32 Å². The smallest absolute Gasteiger partial charge is 0.329 e. The minimum Gasteiger partial charge on any atom is -0.480 e. The summed E-state index contributed by atoms with van der Waals surface area (Å²) in [6.45, 7) is 0. The number of benzene rings is 1. The number of carboxylic acid groups (broad SMARTS) is 1. The second kappa shape index (κ2) is 5.75. The minimum absolute atomic E-state index is 0.300. The number of hydrogen-bond acceptors (Lipinski definition) is 2. The van der Waals surface area contributed by atoms with Crippen LogP contribution in [0.1, 0.15) is 31.2 Å². The van der Waals surface area contributed by atoms with Gasteiger partial charge >= 0.3 is 5.97 Å². The molecule has 0 saturated heterocycles. The molecule has 1 aliphatic rings. The fraction of sp³-hybridized carbons (Fsp3) is 0.429. The lowest BCUT2D eigenvalue weighted by atomic mass is 9.97. The minimum atomic E-state index is -1.34. The van der Waals surface area contributed by atoms with Crippen LogP contribution < -0.4 is 5.32 Å². The molecule has 1 aromatic carbocycles. The van der Waals surface area contributed by atoms with Crippen LogP contribution in [0.2, 0.25) is 0 Å². The van der Waals surface area contributed by atoms with Gasteiger partial charge in [0.2, 0.25) is 5.91 Å². The van der Waals surface area contributed by atoms with E-state index in [9.17, 15) is 27.9 Å². The first-order valence-electron chi connectivity index (χ1n) is 6.52.